The van der Waals surface area contributed by atoms with Gasteiger partial charge >= 0.3 is 5.97 Å². The normalized spacial score (nSPS) is 26.3. The number of carboxylic acids is 1. The second-order valence-electron chi connectivity index (χ2n) is 5.69. The molecule has 0 radical (unpaired) electrons. The van der Waals surface area contributed by atoms with Gasteiger partial charge in [-0.1, -0.05) is 0 Å². The summed E-state index contributed by atoms with van der Waals surface area (Å²) in [6.45, 7) is 0.0992. The van der Waals surface area contributed by atoms with Crippen molar-refractivity contribution in [1.29, 1.82) is 5.26 Å². The van der Waals surface area contributed by atoms with Crippen molar-refractivity contribution in [2.75, 3.05) is 13.9 Å². The highest BCUT2D eigenvalue weighted by Gasteiger charge is 2.43. The third-order valence-electron chi connectivity index (χ3n) is 4.62. The first-order chi connectivity index (χ1) is 10.6. The average Bonchev–Trinajstić information content (AvgIpc) is 3.03. The van der Waals surface area contributed by atoms with E-state index in [1.165, 1.54) is 0 Å². The van der Waals surface area contributed by atoms with Gasteiger partial charge in [0.05, 0.1) is 24.5 Å². The van der Waals surface area contributed by atoms with Crippen molar-refractivity contribution in [3.8, 4) is 23.3 Å². The first-order valence-electron chi connectivity index (χ1n) is 7.22. The molecule has 116 valence electrons. The van der Waals surface area contributed by atoms with Crippen molar-refractivity contribution in [2.24, 2.45) is 5.92 Å². The SMILES string of the molecule is COc1ccc([C@]2(C#N)CC[C@H](C(=O)O)CC2)c2c1OCO2. The van der Waals surface area contributed by atoms with Crippen LogP contribution in [0.3, 0.4) is 0 Å². The van der Waals surface area contributed by atoms with E-state index in [-0.39, 0.29) is 12.7 Å². The van der Waals surface area contributed by atoms with Gasteiger partial charge in [-0.2, -0.15) is 5.26 Å². The summed E-state index contributed by atoms with van der Waals surface area (Å²) in [5, 5.41) is 18.9. The zero-order valence-corrected chi connectivity index (χ0v) is 12.3. The Kier molecular flexibility index (Phi) is 3.57. The summed E-state index contributed by atoms with van der Waals surface area (Å²) in [4.78, 5) is 11.1. The summed E-state index contributed by atoms with van der Waals surface area (Å²) in [5.41, 5.74) is 0.0443. The average molecular weight is 303 g/mol. The molecule has 1 aliphatic carbocycles. The summed E-state index contributed by atoms with van der Waals surface area (Å²) >= 11 is 0. The molecule has 0 aromatic heterocycles. The van der Waals surface area contributed by atoms with Gasteiger partial charge < -0.3 is 19.3 Å². The molecule has 0 unspecified atom stereocenters. The van der Waals surface area contributed by atoms with Gasteiger partial charge in [-0.05, 0) is 37.8 Å². The lowest BCUT2D eigenvalue weighted by Gasteiger charge is -2.34. The van der Waals surface area contributed by atoms with Crippen LogP contribution in [0.15, 0.2) is 12.1 Å². The highest BCUT2D eigenvalue weighted by Crippen LogP contribution is 2.51. The lowest BCUT2D eigenvalue weighted by molar-refractivity contribution is -0.143. The van der Waals surface area contributed by atoms with Gasteiger partial charge in [0.1, 0.15) is 0 Å². The van der Waals surface area contributed by atoms with Crippen LogP contribution in [0, 0.1) is 17.2 Å². The molecule has 1 fully saturated rings. The minimum Gasteiger partial charge on any atom is -0.493 e. The molecule has 0 bridgehead atoms. The van der Waals surface area contributed by atoms with Gasteiger partial charge in [-0.15, -0.1) is 0 Å². The summed E-state index contributed by atoms with van der Waals surface area (Å²) in [5.74, 6) is 0.490. The maximum atomic E-state index is 11.1. The van der Waals surface area contributed by atoms with Gasteiger partial charge in [0.25, 0.3) is 0 Å². The van der Waals surface area contributed by atoms with Crippen LogP contribution in [0.1, 0.15) is 31.2 Å². The number of hydrogen-bond acceptors (Lipinski definition) is 5. The summed E-state index contributed by atoms with van der Waals surface area (Å²) in [7, 11) is 1.55. The first kappa shape index (κ1) is 14.5. The minimum atomic E-state index is -0.786. The number of rotatable bonds is 3. The number of nitrogens with zero attached hydrogens (tertiary/aromatic N) is 1. The molecule has 22 heavy (non-hydrogen) atoms. The molecule has 3 rings (SSSR count). The Balaban J connectivity index is 1.98. The number of methoxy groups -OCH3 is 1. The zero-order chi connectivity index (χ0) is 15.7. The van der Waals surface area contributed by atoms with E-state index in [1.807, 2.05) is 6.07 Å². The number of fused-ring (bicyclic) bond motifs is 1. The van der Waals surface area contributed by atoms with Crippen molar-refractivity contribution < 1.29 is 24.1 Å². The van der Waals surface area contributed by atoms with Crippen LogP contribution >= 0.6 is 0 Å². The zero-order valence-electron chi connectivity index (χ0n) is 12.3. The van der Waals surface area contributed by atoms with Gasteiger partial charge in [0.2, 0.25) is 12.5 Å². The van der Waals surface area contributed by atoms with Gasteiger partial charge in [0.15, 0.2) is 11.5 Å². The van der Waals surface area contributed by atoms with Gasteiger partial charge in [0, 0.05) is 5.56 Å². The quantitative estimate of drug-likeness (QED) is 0.922. The van der Waals surface area contributed by atoms with Gasteiger partial charge in [-0.3, -0.25) is 4.79 Å². The molecule has 1 N–H and O–H groups in total. The molecule has 0 atom stereocenters. The van der Waals surface area contributed by atoms with Crippen LogP contribution in [0.4, 0.5) is 0 Å². The molecule has 1 aliphatic heterocycles. The summed E-state index contributed by atoms with van der Waals surface area (Å²) < 4.78 is 16.3. The largest absolute Gasteiger partial charge is 0.493 e. The Bertz CT molecular complexity index is 641. The molecule has 2 aliphatic rings. The molecule has 1 aromatic carbocycles. The molecular weight excluding hydrogens is 286 g/mol. The number of hydrogen-bond donors (Lipinski definition) is 1. The topological polar surface area (TPSA) is 88.8 Å². The van der Waals surface area contributed by atoms with E-state index in [1.54, 1.807) is 13.2 Å². The Morgan fingerprint density at radius 2 is 2.05 bits per heavy atom. The molecule has 0 saturated heterocycles. The summed E-state index contributed by atoms with van der Waals surface area (Å²) in [6.07, 6.45) is 1.99. The smallest absolute Gasteiger partial charge is 0.306 e. The highest BCUT2D eigenvalue weighted by molar-refractivity contribution is 5.70. The fourth-order valence-electron chi connectivity index (χ4n) is 3.31. The van der Waals surface area contributed by atoms with Gasteiger partial charge in [-0.25, -0.2) is 0 Å². The van der Waals surface area contributed by atoms with E-state index >= 15 is 0 Å². The molecule has 1 aromatic rings. The maximum absolute atomic E-state index is 11.1. The third-order valence-corrected chi connectivity index (χ3v) is 4.62. The third kappa shape index (κ3) is 2.13. The van der Waals surface area contributed by atoms with E-state index in [4.69, 9.17) is 19.3 Å². The van der Waals surface area contributed by atoms with E-state index in [0.717, 1.165) is 5.56 Å². The van der Waals surface area contributed by atoms with E-state index in [9.17, 15) is 10.1 Å². The van der Waals surface area contributed by atoms with Crippen molar-refractivity contribution in [3.05, 3.63) is 17.7 Å². The fraction of sp³-hybridized carbons (Fsp3) is 0.500. The number of carboxylic acid groups (broad SMARTS) is 1. The number of carbonyl (C=O) groups is 1. The Morgan fingerprint density at radius 3 is 2.64 bits per heavy atom. The molecule has 6 nitrogen and oxygen atoms in total. The highest BCUT2D eigenvalue weighted by atomic mass is 16.7. The molecule has 1 saturated carbocycles. The predicted octanol–water partition coefficient (Wildman–Crippen LogP) is 2.46. The van der Waals surface area contributed by atoms with E-state index < -0.39 is 11.4 Å². The van der Waals surface area contributed by atoms with E-state index in [0.29, 0.717) is 42.9 Å². The number of ether oxygens (including phenoxy) is 3. The van der Waals surface area contributed by atoms with E-state index in [2.05, 4.69) is 6.07 Å². The van der Waals surface area contributed by atoms with Crippen LogP contribution < -0.4 is 14.2 Å². The van der Waals surface area contributed by atoms with Crippen LogP contribution in [0.5, 0.6) is 17.2 Å². The summed E-state index contributed by atoms with van der Waals surface area (Å²) in [6, 6.07) is 5.99. The number of benzene rings is 1. The molecule has 1 heterocycles. The van der Waals surface area contributed by atoms with Crippen molar-refractivity contribution >= 4 is 5.97 Å². The second-order valence-corrected chi connectivity index (χ2v) is 5.69. The molecular formula is C16H17NO5. The standard InChI is InChI=1S/C16H17NO5/c1-20-12-3-2-11(13-14(12)22-9-21-13)16(8-17)6-4-10(5-7-16)15(18)19/h2-3,10H,4-7,9H2,1H3,(H,18,19)/t10-,16+. The first-order valence-corrected chi connectivity index (χ1v) is 7.22. The van der Waals surface area contributed by atoms with Crippen LogP contribution in [-0.2, 0) is 10.2 Å². The lowest BCUT2D eigenvalue weighted by atomic mass is 9.67. The predicted molar refractivity (Wildman–Crippen MR) is 76.0 cm³/mol. The Hall–Kier alpha value is -2.42. The number of aliphatic carboxylic acids is 1. The van der Waals surface area contributed by atoms with Crippen molar-refractivity contribution in [2.45, 2.75) is 31.1 Å². The Labute approximate surface area is 128 Å². The second kappa shape index (κ2) is 5.41. The monoisotopic (exact) mass is 303 g/mol. The lowest BCUT2D eigenvalue weighted by Crippen LogP contribution is -2.33. The minimum absolute atomic E-state index is 0.0992. The Morgan fingerprint density at radius 1 is 1.36 bits per heavy atom. The van der Waals surface area contributed by atoms with Crippen LogP contribution in [-0.4, -0.2) is 25.0 Å². The van der Waals surface area contributed by atoms with Crippen LogP contribution in [0.25, 0.3) is 0 Å². The van der Waals surface area contributed by atoms with Crippen LogP contribution in [0.2, 0.25) is 0 Å². The molecule has 0 spiro atoms. The number of nitriles is 1. The molecule has 6 heteroatoms. The van der Waals surface area contributed by atoms with Crippen molar-refractivity contribution in [1.82, 2.24) is 0 Å². The maximum Gasteiger partial charge on any atom is 0.306 e. The van der Waals surface area contributed by atoms with Crippen molar-refractivity contribution in [3.63, 3.8) is 0 Å². The fourth-order valence-corrected chi connectivity index (χ4v) is 3.31. The molecule has 0 amide bonds.